The predicted octanol–water partition coefficient (Wildman–Crippen LogP) is 3.93. The van der Waals surface area contributed by atoms with Gasteiger partial charge in [-0.3, -0.25) is 0 Å². The number of rotatable bonds is 5. The lowest BCUT2D eigenvalue weighted by Crippen LogP contribution is -2.08. The Balaban J connectivity index is 1.88. The fourth-order valence-electron chi connectivity index (χ4n) is 2.73. The Hall–Kier alpha value is -2.32. The van der Waals surface area contributed by atoms with Crippen LogP contribution in [0.1, 0.15) is 28.1 Å². The first-order valence-electron chi connectivity index (χ1n) is 7.64. The second-order valence-corrected chi connectivity index (χ2v) is 5.71. The van der Waals surface area contributed by atoms with Crippen LogP contribution in [0.3, 0.4) is 0 Å². The zero-order chi connectivity index (χ0) is 15.4. The molecule has 0 atom stereocenters. The van der Waals surface area contributed by atoms with Crippen molar-refractivity contribution in [3.05, 3.63) is 94.8 Å². The molecule has 0 aliphatic heterocycles. The third-order valence-corrected chi connectivity index (χ3v) is 4.01. The first-order chi connectivity index (χ1) is 10.8. The average Bonchev–Trinajstić information content (AvgIpc) is 2.92. The molecule has 0 saturated heterocycles. The van der Waals surface area contributed by atoms with Gasteiger partial charge in [-0.25, -0.2) is 0 Å². The van der Waals surface area contributed by atoms with E-state index in [0.717, 1.165) is 18.7 Å². The third-order valence-electron chi connectivity index (χ3n) is 4.01. The molecule has 0 radical (unpaired) electrons. The highest BCUT2D eigenvalue weighted by Gasteiger charge is 2.09. The van der Waals surface area contributed by atoms with E-state index in [-0.39, 0.29) is 6.61 Å². The van der Waals surface area contributed by atoms with E-state index < -0.39 is 0 Å². The van der Waals surface area contributed by atoms with Crippen molar-refractivity contribution >= 4 is 0 Å². The lowest BCUT2D eigenvalue weighted by atomic mass is 10.1. The second-order valence-electron chi connectivity index (χ2n) is 5.71. The average molecular weight is 291 g/mol. The third kappa shape index (κ3) is 3.29. The molecule has 0 amide bonds. The molecule has 0 bridgehead atoms. The first-order valence-corrected chi connectivity index (χ1v) is 7.64. The minimum Gasteiger partial charge on any atom is -0.390 e. The molecule has 0 fully saturated rings. The zero-order valence-electron chi connectivity index (χ0n) is 12.9. The van der Waals surface area contributed by atoms with Crippen LogP contribution in [0.25, 0.3) is 0 Å². The number of aryl methyl sites for hydroxylation is 1. The van der Waals surface area contributed by atoms with Crippen LogP contribution < -0.4 is 0 Å². The van der Waals surface area contributed by atoms with Crippen molar-refractivity contribution in [2.24, 2.45) is 0 Å². The summed E-state index contributed by atoms with van der Waals surface area (Å²) in [6, 6.07) is 23.2. The van der Waals surface area contributed by atoms with Gasteiger partial charge in [0.2, 0.25) is 0 Å². The Morgan fingerprint density at radius 1 is 0.773 bits per heavy atom. The highest BCUT2D eigenvalue weighted by molar-refractivity contribution is 5.29. The van der Waals surface area contributed by atoms with Crippen molar-refractivity contribution in [1.82, 2.24) is 4.57 Å². The van der Waals surface area contributed by atoms with Gasteiger partial charge in [-0.05, 0) is 30.2 Å². The summed E-state index contributed by atoms with van der Waals surface area (Å²) in [5, 5.41) is 9.59. The van der Waals surface area contributed by atoms with Gasteiger partial charge in [0.15, 0.2) is 0 Å². The Bertz CT molecular complexity index is 726. The summed E-state index contributed by atoms with van der Waals surface area (Å²) < 4.78 is 2.22. The van der Waals surface area contributed by atoms with Gasteiger partial charge >= 0.3 is 0 Å². The van der Waals surface area contributed by atoms with E-state index in [4.69, 9.17) is 0 Å². The summed E-state index contributed by atoms with van der Waals surface area (Å²) in [7, 11) is 0. The number of aliphatic hydroxyl groups is 1. The van der Waals surface area contributed by atoms with Gasteiger partial charge in [0, 0.05) is 24.4 Å². The number of benzene rings is 2. The SMILES string of the molecule is Cc1ccc(Cc2ccc(CO)n2Cc2ccccc2)cc1. The minimum absolute atomic E-state index is 0.0702. The summed E-state index contributed by atoms with van der Waals surface area (Å²) in [5.74, 6) is 0. The fraction of sp³-hybridized carbons (Fsp3) is 0.200. The van der Waals surface area contributed by atoms with Crippen molar-refractivity contribution in [3.63, 3.8) is 0 Å². The number of hydrogen-bond acceptors (Lipinski definition) is 1. The zero-order valence-corrected chi connectivity index (χ0v) is 12.9. The molecule has 1 N–H and O–H groups in total. The lowest BCUT2D eigenvalue weighted by Gasteiger charge is -2.13. The molecule has 0 unspecified atom stereocenters. The molecule has 3 aromatic rings. The smallest absolute Gasteiger partial charge is 0.0833 e. The Morgan fingerprint density at radius 3 is 2.14 bits per heavy atom. The largest absolute Gasteiger partial charge is 0.390 e. The number of aromatic nitrogens is 1. The van der Waals surface area contributed by atoms with Crippen LogP contribution in [0.5, 0.6) is 0 Å². The van der Waals surface area contributed by atoms with E-state index in [1.807, 2.05) is 12.1 Å². The van der Waals surface area contributed by atoms with Gasteiger partial charge in [0.1, 0.15) is 0 Å². The maximum absolute atomic E-state index is 9.59. The number of aliphatic hydroxyl groups excluding tert-OH is 1. The van der Waals surface area contributed by atoms with Crippen molar-refractivity contribution in [3.8, 4) is 0 Å². The second kappa shape index (κ2) is 6.63. The molecule has 0 aliphatic rings. The molecular formula is C20H21NO. The van der Waals surface area contributed by atoms with Gasteiger partial charge < -0.3 is 9.67 Å². The molecule has 1 heterocycles. The van der Waals surface area contributed by atoms with Crippen molar-refractivity contribution in [1.29, 1.82) is 0 Å². The van der Waals surface area contributed by atoms with Gasteiger partial charge in [-0.1, -0.05) is 60.2 Å². The lowest BCUT2D eigenvalue weighted by molar-refractivity contribution is 0.271. The summed E-state index contributed by atoms with van der Waals surface area (Å²) in [6.45, 7) is 2.97. The fourth-order valence-corrected chi connectivity index (χ4v) is 2.73. The van der Waals surface area contributed by atoms with Gasteiger partial charge in [0.25, 0.3) is 0 Å². The number of nitrogens with zero attached hydrogens (tertiary/aromatic N) is 1. The molecule has 0 saturated carbocycles. The molecule has 0 spiro atoms. The standard InChI is InChI=1S/C20H21NO/c1-16-7-9-17(10-8-16)13-19-11-12-20(15-22)21(19)14-18-5-3-2-4-6-18/h2-12,22H,13-15H2,1H3. The van der Waals surface area contributed by atoms with Crippen molar-refractivity contribution < 1.29 is 5.11 Å². The summed E-state index contributed by atoms with van der Waals surface area (Å²) >= 11 is 0. The Labute approximate surface area is 131 Å². The van der Waals surface area contributed by atoms with E-state index in [0.29, 0.717) is 0 Å². The van der Waals surface area contributed by atoms with E-state index in [9.17, 15) is 5.11 Å². The molecule has 112 valence electrons. The topological polar surface area (TPSA) is 25.2 Å². The van der Waals surface area contributed by atoms with E-state index >= 15 is 0 Å². The molecule has 2 heteroatoms. The number of hydrogen-bond donors (Lipinski definition) is 1. The molecule has 3 rings (SSSR count). The summed E-state index contributed by atoms with van der Waals surface area (Å²) in [6.07, 6.45) is 0.882. The normalized spacial score (nSPS) is 10.8. The van der Waals surface area contributed by atoms with Gasteiger partial charge in [0.05, 0.1) is 6.61 Å². The van der Waals surface area contributed by atoms with Crippen molar-refractivity contribution in [2.75, 3.05) is 0 Å². The summed E-state index contributed by atoms with van der Waals surface area (Å²) in [5.41, 5.74) is 6.02. The quantitative estimate of drug-likeness (QED) is 0.757. The van der Waals surface area contributed by atoms with Crippen molar-refractivity contribution in [2.45, 2.75) is 26.5 Å². The van der Waals surface area contributed by atoms with Crippen LogP contribution in [-0.2, 0) is 19.6 Å². The van der Waals surface area contributed by atoms with Crippen LogP contribution in [0.4, 0.5) is 0 Å². The summed E-state index contributed by atoms with van der Waals surface area (Å²) in [4.78, 5) is 0. The van der Waals surface area contributed by atoms with Crippen LogP contribution in [0.15, 0.2) is 66.7 Å². The van der Waals surface area contributed by atoms with Crippen LogP contribution in [0, 0.1) is 6.92 Å². The van der Waals surface area contributed by atoms with E-state index in [1.54, 1.807) is 0 Å². The highest BCUT2D eigenvalue weighted by Crippen LogP contribution is 2.17. The van der Waals surface area contributed by atoms with E-state index in [2.05, 4.69) is 66.1 Å². The van der Waals surface area contributed by atoms with Gasteiger partial charge in [-0.2, -0.15) is 0 Å². The van der Waals surface area contributed by atoms with E-state index in [1.165, 1.54) is 22.4 Å². The molecule has 2 aromatic carbocycles. The maximum atomic E-state index is 9.59. The van der Waals surface area contributed by atoms with Crippen LogP contribution in [-0.4, -0.2) is 9.67 Å². The monoisotopic (exact) mass is 291 g/mol. The van der Waals surface area contributed by atoms with Crippen LogP contribution in [0.2, 0.25) is 0 Å². The van der Waals surface area contributed by atoms with Gasteiger partial charge in [-0.15, -0.1) is 0 Å². The highest BCUT2D eigenvalue weighted by atomic mass is 16.3. The predicted molar refractivity (Wildman–Crippen MR) is 89.9 cm³/mol. The molecule has 0 aliphatic carbocycles. The Kier molecular flexibility index (Phi) is 4.40. The maximum Gasteiger partial charge on any atom is 0.0833 e. The first kappa shape index (κ1) is 14.6. The molecule has 22 heavy (non-hydrogen) atoms. The molecule has 2 nitrogen and oxygen atoms in total. The molecular weight excluding hydrogens is 270 g/mol. The minimum atomic E-state index is 0.0702. The van der Waals surface area contributed by atoms with Crippen LogP contribution >= 0.6 is 0 Å². The molecule has 1 aromatic heterocycles. The Morgan fingerprint density at radius 2 is 1.45 bits per heavy atom.